The van der Waals surface area contributed by atoms with E-state index < -0.39 is 5.54 Å². The van der Waals surface area contributed by atoms with E-state index in [4.69, 9.17) is 9.84 Å². The largest absolute Gasteiger partial charge is 0.497 e. The number of nitrogens with zero attached hydrogens (tertiary/aromatic N) is 5. The Morgan fingerprint density at radius 2 is 1.58 bits per heavy atom. The number of amides is 2. The van der Waals surface area contributed by atoms with Gasteiger partial charge in [-0.1, -0.05) is 37.5 Å². The van der Waals surface area contributed by atoms with Gasteiger partial charge in [0.1, 0.15) is 11.3 Å². The molecule has 2 N–H and O–H groups in total. The van der Waals surface area contributed by atoms with E-state index in [2.05, 4.69) is 20.6 Å². The minimum Gasteiger partial charge on any atom is -0.497 e. The highest BCUT2D eigenvalue weighted by molar-refractivity contribution is 6.05. The first-order chi connectivity index (χ1) is 23.3. The molecule has 246 valence electrons. The summed E-state index contributed by atoms with van der Waals surface area (Å²) in [6.45, 7) is 0. The van der Waals surface area contributed by atoms with Crippen molar-refractivity contribution in [1.29, 1.82) is 0 Å². The zero-order valence-corrected chi connectivity index (χ0v) is 27.7. The van der Waals surface area contributed by atoms with Crippen molar-refractivity contribution in [2.24, 2.45) is 0 Å². The summed E-state index contributed by atoms with van der Waals surface area (Å²) < 4.78 is 7.42. The molecule has 10 heteroatoms. The lowest BCUT2D eigenvalue weighted by Gasteiger charge is -2.40. The highest BCUT2D eigenvalue weighted by Crippen LogP contribution is 2.39. The number of methoxy groups -OCH3 is 1. The fourth-order valence-corrected chi connectivity index (χ4v) is 6.86. The van der Waals surface area contributed by atoms with E-state index in [1.165, 1.54) is 25.0 Å². The summed E-state index contributed by atoms with van der Waals surface area (Å²) in [5.41, 5.74) is 4.95. The van der Waals surface area contributed by atoms with E-state index in [0.29, 0.717) is 36.0 Å². The first kappa shape index (κ1) is 31.4. The van der Waals surface area contributed by atoms with Gasteiger partial charge in [0.05, 0.1) is 24.0 Å². The molecule has 0 unspecified atom stereocenters. The number of aromatic nitrogens is 4. The normalized spacial score (nSPS) is 15.8. The minimum absolute atomic E-state index is 0.210. The highest BCUT2D eigenvalue weighted by atomic mass is 16.5. The maximum absolute atomic E-state index is 13.7. The number of anilines is 2. The van der Waals surface area contributed by atoms with E-state index in [-0.39, 0.29) is 11.8 Å². The van der Waals surface area contributed by atoms with Gasteiger partial charge in [-0.25, -0.2) is 14.6 Å². The topological polar surface area (TPSA) is 114 Å². The van der Waals surface area contributed by atoms with E-state index in [9.17, 15) is 9.59 Å². The monoisotopic (exact) mass is 643 g/mol. The molecular weight excluding hydrogens is 602 g/mol. The molecule has 0 bridgehead atoms. The van der Waals surface area contributed by atoms with Crippen molar-refractivity contribution >= 4 is 34.4 Å². The van der Waals surface area contributed by atoms with Crippen molar-refractivity contribution in [3.05, 3.63) is 90.4 Å². The van der Waals surface area contributed by atoms with Crippen molar-refractivity contribution in [3.8, 4) is 22.6 Å². The number of rotatable bonds is 9. The number of nitrogens with one attached hydrogen (secondary N) is 2. The molecule has 0 atom stereocenters. The number of hydrogen-bond donors (Lipinski definition) is 2. The third-order valence-corrected chi connectivity index (χ3v) is 9.79. The second-order valence-electron chi connectivity index (χ2n) is 13.1. The van der Waals surface area contributed by atoms with Crippen molar-refractivity contribution in [2.75, 3.05) is 31.4 Å². The number of hydrogen-bond acceptors (Lipinski definition) is 7. The van der Waals surface area contributed by atoms with Gasteiger partial charge in [-0.2, -0.15) is 5.10 Å². The molecular formula is C38H41N7O3. The maximum atomic E-state index is 13.7. The summed E-state index contributed by atoms with van der Waals surface area (Å²) in [7, 11) is 5.46. The smallest absolute Gasteiger partial charge is 0.252 e. The van der Waals surface area contributed by atoms with Gasteiger partial charge in [0.25, 0.3) is 5.91 Å². The number of benzene rings is 3. The molecule has 5 aromatic rings. The predicted octanol–water partition coefficient (Wildman–Crippen LogP) is 6.90. The van der Waals surface area contributed by atoms with Crippen LogP contribution in [0.4, 0.5) is 11.6 Å². The van der Waals surface area contributed by atoms with Gasteiger partial charge in [-0.15, -0.1) is 0 Å². The Labute approximate surface area is 280 Å². The zero-order chi connectivity index (χ0) is 33.3. The van der Waals surface area contributed by atoms with Gasteiger partial charge >= 0.3 is 0 Å². The number of ether oxygens (including phenoxy) is 1. The Morgan fingerprint density at radius 1 is 0.875 bits per heavy atom. The highest BCUT2D eigenvalue weighted by Gasteiger charge is 2.45. The standard InChI is InChI=1S/C38H41N7O3/c1-44(2)37-39-23-28(24-40-37)25-10-13-29(14-11-25)41-36(47)38(20-7-21-38)42-35(46)27-12-19-32-33(22-27)43-45(30-15-17-31(48-3)18-16-30)34(32)26-8-5-4-6-9-26/h10-19,22-24,26H,4-9,20-21H2,1-3H3,(H,41,47)(H,42,46). The van der Waals surface area contributed by atoms with E-state index in [1.54, 1.807) is 19.5 Å². The Balaban J connectivity index is 1.09. The number of carbonyl (C=O) groups is 2. The Hall–Kier alpha value is -5.25. The molecule has 2 fully saturated rings. The van der Waals surface area contributed by atoms with Crippen LogP contribution in [0.15, 0.2) is 79.1 Å². The second kappa shape index (κ2) is 13.1. The average molecular weight is 644 g/mol. The Bertz CT molecular complexity index is 1920. The lowest BCUT2D eigenvalue weighted by atomic mass is 9.75. The van der Waals surface area contributed by atoms with Gasteiger partial charge in [-0.3, -0.25) is 9.59 Å². The van der Waals surface area contributed by atoms with Gasteiger partial charge < -0.3 is 20.3 Å². The van der Waals surface area contributed by atoms with Crippen LogP contribution in [0.3, 0.4) is 0 Å². The fraction of sp³-hybridized carbons (Fsp3) is 0.342. The predicted molar refractivity (Wildman–Crippen MR) is 188 cm³/mol. The lowest BCUT2D eigenvalue weighted by Crippen LogP contribution is -2.61. The second-order valence-corrected chi connectivity index (χ2v) is 13.1. The molecule has 2 amide bonds. The van der Waals surface area contributed by atoms with Crippen LogP contribution in [0.1, 0.15) is 73.3 Å². The molecule has 3 aromatic carbocycles. The van der Waals surface area contributed by atoms with Crippen molar-refractivity contribution in [2.45, 2.75) is 62.8 Å². The summed E-state index contributed by atoms with van der Waals surface area (Å²) in [6, 6.07) is 21.3. The summed E-state index contributed by atoms with van der Waals surface area (Å²) in [5.74, 6) is 1.35. The van der Waals surface area contributed by atoms with E-state index in [1.807, 2.05) is 90.4 Å². The molecule has 10 nitrogen and oxygen atoms in total. The quantitative estimate of drug-likeness (QED) is 0.180. The molecule has 2 aliphatic carbocycles. The maximum Gasteiger partial charge on any atom is 0.252 e. The molecule has 0 aliphatic heterocycles. The van der Waals surface area contributed by atoms with Crippen LogP contribution in [0.25, 0.3) is 27.7 Å². The molecule has 2 heterocycles. The molecule has 2 aromatic heterocycles. The molecule has 7 rings (SSSR count). The number of carbonyl (C=O) groups excluding carboxylic acids is 2. The summed E-state index contributed by atoms with van der Waals surface area (Å²) >= 11 is 0. The Morgan fingerprint density at radius 3 is 2.21 bits per heavy atom. The van der Waals surface area contributed by atoms with Crippen LogP contribution >= 0.6 is 0 Å². The molecule has 2 aliphatic rings. The molecule has 0 saturated heterocycles. The Kier molecular flexibility index (Phi) is 8.56. The number of fused-ring (bicyclic) bond motifs is 1. The third-order valence-electron chi connectivity index (χ3n) is 9.79. The van der Waals surface area contributed by atoms with E-state index in [0.717, 1.165) is 52.7 Å². The first-order valence-corrected chi connectivity index (χ1v) is 16.7. The SMILES string of the molecule is COc1ccc(-n2nc3cc(C(=O)NC4(C(=O)Nc5ccc(-c6cnc(N(C)C)nc6)cc5)CCC4)ccc3c2C2CCCCC2)cc1. The summed E-state index contributed by atoms with van der Waals surface area (Å²) in [4.78, 5) is 37.9. The van der Waals surface area contributed by atoms with Crippen molar-refractivity contribution in [1.82, 2.24) is 25.1 Å². The van der Waals surface area contributed by atoms with Crippen molar-refractivity contribution in [3.63, 3.8) is 0 Å². The van der Waals surface area contributed by atoms with Gasteiger partial charge in [0.2, 0.25) is 11.9 Å². The van der Waals surface area contributed by atoms with Crippen LogP contribution in [-0.2, 0) is 4.79 Å². The minimum atomic E-state index is -0.962. The van der Waals surface area contributed by atoms with Crippen molar-refractivity contribution < 1.29 is 14.3 Å². The van der Waals surface area contributed by atoms with Gasteiger partial charge in [0, 0.05) is 54.6 Å². The average Bonchev–Trinajstić information content (AvgIpc) is 3.49. The van der Waals surface area contributed by atoms with Crippen LogP contribution in [0.2, 0.25) is 0 Å². The molecule has 0 spiro atoms. The lowest BCUT2D eigenvalue weighted by molar-refractivity contribution is -0.125. The first-order valence-electron chi connectivity index (χ1n) is 16.7. The summed E-state index contributed by atoms with van der Waals surface area (Å²) in [6.07, 6.45) is 11.5. The van der Waals surface area contributed by atoms with Crippen LogP contribution in [0.5, 0.6) is 5.75 Å². The van der Waals surface area contributed by atoms with Gasteiger partial charge in [0.15, 0.2) is 0 Å². The van der Waals surface area contributed by atoms with E-state index >= 15 is 0 Å². The van der Waals surface area contributed by atoms with Crippen LogP contribution in [-0.4, -0.2) is 58.3 Å². The zero-order valence-electron chi connectivity index (χ0n) is 27.7. The third kappa shape index (κ3) is 6.10. The van der Waals surface area contributed by atoms with Gasteiger partial charge in [-0.05, 0) is 86.2 Å². The molecule has 2 saturated carbocycles. The fourth-order valence-electron chi connectivity index (χ4n) is 6.86. The molecule has 48 heavy (non-hydrogen) atoms. The van der Waals surface area contributed by atoms with Crippen LogP contribution in [0, 0.1) is 0 Å². The molecule has 0 radical (unpaired) electrons. The summed E-state index contributed by atoms with van der Waals surface area (Å²) in [5, 5.41) is 12.2. The van der Waals surface area contributed by atoms with Crippen LogP contribution < -0.4 is 20.3 Å².